The van der Waals surface area contributed by atoms with Crippen LogP contribution in [0.2, 0.25) is 0 Å². The maximum Gasteiger partial charge on any atom is 0.246 e. The van der Waals surface area contributed by atoms with Crippen LogP contribution in [-0.2, 0) is 14.6 Å². The molecule has 0 aliphatic carbocycles. The third-order valence-electron chi connectivity index (χ3n) is 0.988. The number of hydrogen-bond acceptors (Lipinski definition) is 3. The summed E-state index contributed by atoms with van der Waals surface area (Å²) in [5.74, 6) is 0.113. The predicted molar refractivity (Wildman–Crippen MR) is 39.3 cm³/mol. The number of rotatable bonds is 2. The molecule has 0 aromatic carbocycles. The van der Waals surface area contributed by atoms with Crippen molar-refractivity contribution < 1.29 is 13.2 Å². The third kappa shape index (κ3) is 3.61. The van der Waals surface area contributed by atoms with Gasteiger partial charge in [-0.05, 0) is 5.92 Å². The van der Waals surface area contributed by atoms with Gasteiger partial charge in [-0.2, -0.15) is 0 Å². The largest absolute Gasteiger partial charge is 0.282 e. The lowest BCUT2D eigenvalue weighted by atomic mass is 10.2. The van der Waals surface area contributed by atoms with Crippen LogP contribution in [0.25, 0.3) is 0 Å². The van der Waals surface area contributed by atoms with Gasteiger partial charge in [0.1, 0.15) is 0 Å². The second kappa shape index (κ2) is 3.14. The first-order valence-electron chi connectivity index (χ1n) is 3.07. The maximum absolute atomic E-state index is 10.7. The van der Waals surface area contributed by atoms with E-state index in [0.29, 0.717) is 0 Å². The van der Waals surface area contributed by atoms with Crippen LogP contribution in [0.15, 0.2) is 0 Å². The summed E-state index contributed by atoms with van der Waals surface area (Å²) in [6.45, 7) is 3.62. The van der Waals surface area contributed by atoms with Crippen LogP contribution >= 0.6 is 0 Å². The molecular formula is C6H12O3S. The normalized spacial score (nSPS) is 12.0. The molecule has 0 bridgehead atoms. The molecule has 0 aliphatic heterocycles. The molecule has 0 amide bonds. The highest BCUT2D eigenvalue weighted by Crippen LogP contribution is 2.03. The van der Waals surface area contributed by atoms with E-state index in [0.717, 1.165) is 6.26 Å². The molecule has 0 aliphatic rings. The van der Waals surface area contributed by atoms with E-state index in [1.165, 1.54) is 0 Å². The zero-order valence-corrected chi connectivity index (χ0v) is 7.23. The summed E-state index contributed by atoms with van der Waals surface area (Å²) in [5.41, 5.74) is 0. The Labute approximate surface area is 61.4 Å². The molecule has 0 rings (SSSR count). The van der Waals surface area contributed by atoms with Gasteiger partial charge in [-0.3, -0.25) is 4.79 Å². The van der Waals surface area contributed by atoms with Crippen LogP contribution in [0, 0.1) is 5.92 Å². The Hall–Kier alpha value is -0.380. The van der Waals surface area contributed by atoms with Crippen molar-refractivity contribution in [2.45, 2.75) is 20.3 Å². The molecule has 0 unspecified atom stereocenters. The van der Waals surface area contributed by atoms with E-state index in [4.69, 9.17) is 0 Å². The second-order valence-corrected chi connectivity index (χ2v) is 4.74. The highest BCUT2D eigenvalue weighted by atomic mass is 32.2. The molecule has 4 heteroatoms. The van der Waals surface area contributed by atoms with Gasteiger partial charge < -0.3 is 0 Å². The standard InChI is InChI=1S/C6H12O3S/c1-5(2)4-6(7)10(3,8)9/h5H,4H2,1-3H3. The molecule has 0 aromatic rings. The van der Waals surface area contributed by atoms with Crippen LogP contribution in [-0.4, -0.2) is 19.8 Å². The monoisotopic (exact) mass is 164 g/mol. The molecule has 0 atom stereocenters. The molecule has 0 saturated heterocycles. The Morgan fingerprint density at radius 3 is 1.90 bits per heavy atom. The number of sulfone groups is 1. The molecular weight excluding hydrogens is 152 g/mol. The SMILES string of the molecule is CC(C)CC(=O)S(C)(=O)=O. The first-order chi connectivity index (χ1) is 4.34. The fraction of sp³-hybridized carbons (Fsp3) is 0.833. The number of carbonyl (C=O) groups is 1. The fourth-order valence-electron chi connectivity index (χ4n) is 0.485. The van der Waals surface area contributed by atoms with Gasteiger partial charge in [-0.15, -0.1) is 0 Å². The van der Waals surface area contributed by atoms with Crippen molar-refractivity contribution in [2.24, 2.45) is 5.92 Å². The Balaban J connectivity index is 4.14. The minimum absolute atomic E-state index is 0.113. The molecule has 0 N–H and O–H groups in total. The molecule has 0 fully saturated rings. The summed E-state index contributed by atoms with van der Waals surface area (Å²) in [6.07, 6.45) is 1.07. The number of hydrogen-bond donors (Lipinski definition) is 0. The van der Waals surface area contributed by atoms with E-state index >= 15 is 0 Å². The summed E-state index contributed by atoms with van der Waals surface area (Å²) in [5, 5.41) is -0.664. The van der Waals surface area contributed by atoms with Gasteiger partial charge >= 0.3 is 0 Å². The highest BCUT2D eigenvalue weighted by molar-refractivity contribution is 8.05. The zero-order chi connectivity index (χ0) is 8.36. The molecule has 0 heterocycles. The van der Waals surface area contributed by atoms with Gasteiger partial charge in [0.05, 0.1) is 0 Å². The first kappa shape index (κ1) is 9.62. The summed E-state index contributed by atoms with van der Waals surface area (Å²) in [4.78, 5) is 10.7. The van der Waals surface area contributed by atoms with Crippen molar-refractivity contribution in [3.8, 4) is 0 Å². The smallest absolute Gasteiger partial charge is 0.246 e. The molecule has 60 valence electrons. The quantitative estimate of drug-likeness (QED) is 0.600. The molecule has 0 saturated carbocycles. The van der Waals surface area contributed by atoms with Crippen molar-refractivity contribution in [2.75, 3.05) is 6.26 Å². The lowest BCUT2D eigenvalue weighted by molar-refractivity contribution is -0.112. The van der Waals surface area contributed by atoms with Gasteiger partial charge in [0.15, 0.2) is 0 Å². The van der Waals surface area contributed by atoms with E-state index in [9.17, 15) is 13.2 Å². The predicted octanol–water partition coefficient (Wildman–Crippen LogP) is 0.604. The molecule has 0 radical (unpaired) electrons. The van der Waals surface area contributed by atoms with E-state index in [-0.39, 0.29) is 12.3 Å². The van der Waals surface area contributed by atoms with Crippen LogP contribution in [0.4, 0.5) is 0 Å². The molecule has 10 heavy (non-hydrogen) atoms. The van der Waals surface area contributed by atoms with Crippen molar-refractivity contribution >= 4 is 15.0 Å². The van der Waals surface area contributed by atoms with Crippen molar-refractivity contribution in [1.82, 2.24) is 0 Å². The maximum atomic E-state index is 10.7. The first-order valence-corrected chi connectivity index (χ1v) is 4.96. The van der Waals surface area contributed by atoms with Crippen molar-refractivity contribution in [1.29, 1.82) is 0 Å². The summed E-state index contributed by atoms with van der Waals surface area (Å²) >= 11 is 0. The summed E-state index contributed by atoms with van der Waals surface area (Å²) in [7, 11) is -3.44. The van der Waals surface area contributed by atoms with E-state index < -0.39 is 15.0 Å². The van der Waals surface area contributed by atoms with Crippen molar-refractivity contribution in [3.63, 3.8) is 0 Å². The van der Waals surface area contributed by atoms with Gasteiger partial charge in [0.2, 0.25) is 15.0 Å². The Kier molecular flexibility index (Phi) is 3.02. The van der Waals surface area contributed by atoms with E-state index in [1.807, 2.05) is 13.8 Å². The molecule has 3 nitrogen and oxygen atoms in total. The molecule has 0 aromatic heterocycles. The fourth-order valence-corrected chi connectivity index (χ4v) is 1.12. The summed E-state index contributed by atoms with van der Waals surface area (Å²) < 4.78 is 21.0. The van der Waals surface area contributed by atoms with Crippen molar-refractivity contribution in [3.05, 3.63) is 0 Å². The topological polar surface area (TPSA) is 51.2 Å². The Morgan fingerprint density at radius 1 is 1.40 bits per heavy atom. The Morgan fingerprint density at radius 2 is 1.80 bits per heavy atom. The lowest BCUT2D eigenvalue weighted by Gasteiger charge is -1.99. The zero-order valence-electron chi connectivity index (χ0n) is 6.42. The van der Waals surface area contributed by atoms with Crippen LogP contribution in [0.5, 0.6) is 0 Å². The number of carbonyl (C=O) groups excluding carboxylic acids is 1. The van der Waals surface area contributed by atoms with Crippen LogP contribution in [0.3, 0.4) is 0 Å². The minimum atomic E-state index is -3.44. The van der Waals surface area contributed by atoms with E-state index in [2.05, 4.69) is 0 Å². The van der Waals surface area contributed by atoms with Gasteiger partial charge in [-0.25, -0.2) is 8.42 Å². The average Bonchev–Trinajstić information content (AvgIpc) is 1.60. The Bertz CT molecular complexity index is 213. The average molecular weight is 164 g/mol. The van der Waals surface area contributed by atoms with E-state index in [1.54, 1.807) is 0 Å². The van der Waals surface area contributed by atoms with Gasteiger partial charge in [0, 0.05) is 12.7 Å². The minimum Gasteiger partial charge on any atom is -0.282 e. The lowest BCUT2D eigenvalue weighted by Crippen LogP contribution is -2.14. The van der Waals surface area contributed by atoms with Crippen LogP contribution in [0.1, 0.15) is 20.3 Å². The molecule has 0 spiro atoms. The highest BCUT2D eigenvalue weighted by Gasteiger charge is 2.15. The second-order valence-electron chi connectivity index (χ2n) is 2.74. The van der Waals surface area contributed by atoms with Gasteiger partial charge in [-0.1, -0.05) is 13.8 Å². The summed E-state index contributed by atoms with van der Waals surface area (Å²) in [6, 6.07) is 0. The third-order valence-corrected chi connectivity index (χ3v) is 1.98. The van der Waals surface area contributed by atoms with Gasteiger partial charge in [0.25, 0.3) is 0 Å². The van der Waals surface area contributed by atoms with Crippen LogP contribution < -0.4 is 0 Å².